The molecule has 0 aliphatic carbocycles. The first-order chi connectivity index (χ1) is 8.52. The lowest BCUT2D eigenvalue weighted by molar-refractivity contribution is -0.150. The molecule has 2 N–H and O–H groups in total. The molecule has 0 spiro atoms. The van der Waals surface area contributed by atoms with E-state index in [1.54, 1.807) is 6.92 Å². The standard InChI is InChI=1S/C13H20N2O3/c1-3-4-6-9-14-12(18)15-10-7-5-8-13(15,2)11(16)17/h1H,4-10H2,2H3,(H,14,18)(H,16,17). The Kier molecular flexibility index (Phi) is 5.02. The number of carboxylic acid groups (broad SMARTS) is 1. The molecule has 0 aromatic heterocycles. The fraction of sp³-hybridized carbons (Fsp3) is 0.692. The lowest BCUT2D eigenvalue weighted by Crippen LogP contribution is -2.60. The number of urea groups is 1. The highest BCUT2D eigenvalue weighted by Crippen LogP contribution is 2.28. The van der Waals surface area contributed by atoms with Gasteiger partial charge in [-0.05, 0) is 32.6 Å². The summed E-state index contributed by atoms with van der Waals surface area (Å²) in [7, 11) is 0. The third kappa shape index (κ3) is 3.16. The molecule has 0 bridgehead atoms. The van der Waals surface area contributed by atoms with Crippen molar-refractivity contribution in [2.24, 2.45) is 0 Å². The summed E-state index contributed by atoms with van der Waals surface area (Å²) in [5.41, 5.74) is -1.09. The van der Waals surface area contributed by atoms with Gasteiger partial charge in [0.05, 0.1) is 0 Å². The Morgan fingerprint density at radius 2 is 2.22 bits per heavy atom. The van der Waals surface area contributed by atoms with Gasteiger partial charge in [0.1, 0.15) is 5.54 Å². The maximum atomic E-state index is 12.0. The van der Waals surface area contributed by atoms with E-state index in [0.717, 1.165) is 12.8 Å². The highest BCUT2D eigenvalue weighted by atomic mass is 16.4. The molecule has 0 aromatic carbocycles. The molecule has 1 rings (SSSR count). The summed E-state index contributed by atoms with van der Waals surface area (Å²) >= 11 is 0. The number of hydrogen-bond acceptors (Lipinski definition) is 2. The van der Waals surface area contributed by atoms with Gasteiger partial charge in [-0.15, -0.1) is 12.3 Å². The maximum Gasteiger partial charge on any atom is 0.329 e. The molecular weight excluding hydrogens is 232 g/mol. The third-order valence-corrected chi connectivity index (χ3v) is 3.37. The first kappa shape index (κ1) is 14.4. The van der Waals surface area contributed by atoms with Gasteiger partial charge in [0.15, 0.2) is 0 Å². The van der Waals surface area contributed by atoms with Crippen LogP contribution in [-0.4, -0.2) is 40.6 Å². The number of hydrogen-bond donors (Lipinski definition) is 2. The van der Waals surface area contributed by atoms with E-state index in [-0.39, 0.29) is 6.03 Å². The van der Waals surface area contributed by atoms with Crippen molar-refractivity contribution in [1.29, 1.82) is 0 Å². The van der Waals surface area contributed by atoms with Gasteiger partial charge in [-0.3, -0.25) is 0 Å². The Balaban J connectivity index is 2.59. The van der Waals surface area contributed by atoms with Gasteiger partial charge in [-0.1, -0.05) is 0 Å². The number of terminal acetylenes is 1. The van der Waals surface area contributed by atoms with Crippen LogP contribution in [0.4, 0.5) is 4.79 Å². The molecule has 2 amide bonds. The third-order valence-electron chi connectivity index (χ3n) is 3.37. The number of piperidine rings is 1. The Hall–Kier alpha value is -1.70. The number of likely N-dealkylation sites (tertiary alicyclic amines) is 1. The number of carbonyl (C=O) groups excluding carboxylic acids is 1. The van der Waals surface area contributed by atoms with Crippen molar-refractivity contribution < 1.29 is 14.7 Å². The van der Waals surface area contributed by atoms with Crippen LogP contribution in [0.1, 0.15) is 39.0 Å². The number of aliphatic carboxylic acids is 1. The lowest BCUT2D eigenvalue weighted by Gasteiger charge is -2.41. The lowest BCUT2D eigenvalue weighted by atomic mass is 9.89. The number of nitrogens with zero attached hydrogens (tertiary/aromatic N) is 1. The largest absolute Gasteiger partial charge is 0.480 e. The van der Waals surface area contributed by atoms with Gasteiger partial charge < -0.3 is 15.3 Å². The number of nitrogens with one attached hydrogen (secondary N) is 1. The van der Waals surface area contributed by atoms with E-state index in [1.807, 2.05) is 0 Å². The van der Waals surface area contributed by atoms with Crippen LogP contribution in [0.2, 0.25) is 0 Å². The number of rotatable bonds is 4. The van der Waals surface area contributed by atoms with Crippen molar-refractivity contribution in [2.75, 3.05) is 13.1 Å². The minimum Gasteiger partial charge on any atom is -0.480 e. The molecule has 100 valence electrons. The van der Waals surface area contributed by atoms with E-state index in [9.17, 15) is 14.7 Å². The van der Waals surface area contributed by atoms with Crippen molar-refractivity contribution in [1.82, 2.24) is 10.2 Å². The van der Waals surface area contributed by atoms with Crippen LogP contribution in [0.5, 0.6) is 0 Å². The molecule has 1 aliphatic rings. The van der Waals surface area contributed by atoms with Crippen molar-refractivity contribution in [3.8, 4) is 12.3 Å². The summed E-state index contributed by atoms with van der Waals surface area (Å²) in [5, 5.41) is 12.0. The van der Waals surface area contributed by atoms with Crippen LogP contribution in [-0.2, 0) is 4.79 Å². The zero-order valence-corrected chi connectivity index (χ0v) is 10.7. The molecule has 0 aromatic rings. The smallest absolute Gasteiger partial charge is 0.329 e. The molecule has 0 radical (unpaired) electrons. The molecular formula is C13H20N2O3. The molecule has 1 fully saturated rings. The second-order valence-electron chi connectivity index (χ2n) is 4.73. The van der Waals surface area contributed by atoms with Gasteiger partial charge in [-0.25, -0.2) is 9.59 Å². The number of carboxylic acids is 1. The second kappa shape index (κ2) is 6.29. The van der Waals surface area contributed by atoms with Crippen LogP contribution in [0.3, 0.4) is 0 Å². The van der Waals surface area contributed by atoms with E-state index >= 15 is 0 Å². The number of amides is 2. The van der Waals surface area contributed by atoms with Crippen LogP contribution in [0, 0.1) is 12.3 Å². The molecule has 5 nitrogen and oxygen atoms in total. The zero-order chi connectivity index (χ0) is 13.6. The summed E-state index contributed by atoms with van der Waals surface area (Å²) < 4.78 is 0. The summed E-state index contributed by atoms with van der Waals surface area (Å²) in [5.74, 6) is 1.55. The predicted molar refractivity (Wildman–Crippen MR) is 68.1 cm³/mol. The Morgan fingerprint density at radius 1 is 1.50 bits per heavy atom. The molecule has 1 aliphatic heterocycles. The monoisotopic (exact) mass is 252 g/mol. The van der Waals surface area contributed by atoms with E-state index in [0.29, 0.717) is 32.4 Å². The van der Waals surface area contributed by atoms with Gasteiger partial charge >= 0.3 is 12.0 Å². The van der Waals surface area contributed by atoms with Crippen molar-refractivity contribution >= 4 is 12.0 Å². The van der Waals surface area contributed by atoms with Crippen molar-refractivity contribution in [3.63, 3.8) is 0 Å². The highest BCUT2D eigenvalue weighted by Gasteiger charge is 2.43. The van der Waals surface area contributed by atoms with Crippen molar-refractivity contribution in [2.45, 2.75) is 44.6 Å². The summed E-state index contributed by atoms with van der Waals surface area (Å²) in [6.45, 7) is 2.58. The van der Waals surface area contributed by atoms with Crippen LogP contribution in [0.15, 0.2) is 0 Å². The predicted octanol–water partition coefficient (Wildman–Crippen LogP) is 1.44. The van der Waals surface area contributed by atoms with Crippen molar-refractivity contribution in [3.05, 3.63) is 0 Å². The first-order valence-electron chi connectivity index (χ1n) is 6.24. The molecule has 1 heterocycles. The maximum absolute atomic E-state index is 12.0. The van der Waals surface area contributed by atoms with E-state index in [4.69, 9.17) is 6.42 Å². The average Bonchev–Trinajstić information content (AvgIpc) is 2.34. The SMILES string of the molecule is C#CCCCNC(=O)N1CCCCC1(C)C(=O)O. The number of carbonyl (C=O) groups is 2. The minimum atomic E-state index is -1.09. The molecule has 1 unspecified atom stereocenters. The summed E-state index contributed by atoms with van der Waals surface area (Å²) in [6.07, 6.45) is 8.62. The van der Waals surface area contributed by atoms with E-state index in [1.165, 1.54) is 4.90 Å². The molecule has 5 heteroatoms. The van der Waals surface area contributed by atoms with E-state index < -0.39 is 11.5 Å². The fourth-order valence-electron chi connectivity index (χ4n) is 2.15. The summed E-state index contributed by atoms with van der Waals surface area (Å²) in [6, 6.07) is -0.309. The first-order valence-corrected chi connectivity index (χ1v) is 6.24. The molecule has 0 saturated carbocycles. The topological polar surface area (TPSA) is 69.6 Å². The second-order valence-corrected chi connectivity index (χ2v) is 4.73. The molecule has 18 heavy (non-hydrogen) atoms. The summed E-state index contributed by atoms with van der Waals surface area (Å²) in [4.78, 5) is 24.7. The Morgan fingerprint density at radius 3 is 2.83 bits per heavy atom. The quantitative estimate of drug-likeness (QED) is 0.587. The number of unbranched alkanes of at least 4 members (excludes halogenated alkanes) is 1. The average molecular weight is 252 g/mol. The Labute approximate surface area is 108 Å². The highest BCUT2D eigenvalue weighted by molar-refractivity contribution is 5.86. The van der Waals surface area contributed by atoms with Gasteiger partial charge in [-0.2, -0.15) is 0 Å². The van der Waals surface area contributed by atoms with E-state index in [2.05, 4.69) is 11.2 Å². The Bertz CT molecular complexity index is 362. The normalized spacial score (nSPS) is 23.2. The molecule has 1 saturated heterocycles. The van der Waals surface area contributed by atoms with Crippen LogP contribution < -0.4 is 5.32 Å². The van der Waals surface area contributed by atoms with Gasteiger partial charge in [0.2, 0.25) is 0 Å². The zero-order valence-electron chi connectivity index (χ0n) is 10.7. The van der Waals surface area contributed by atoms with Crippen LogP contribution >= 0.6 is 0 Å². The van der Waals surface area contributed by atoms with Gasteiger partial charge in [0.25, 0.3) is 0 Å². The fourth-order valence-corrected chi connectivity index (χ4v) is 2.15. The van der Waals surface area contributed by atoms with Crippen LogP contribution in [0.25, 0.3) is 0 Å². The van der Waals surface area contributed by atoms with Gasteiger partial charge in [0, 0.05) is 19.5 Å². The molecule has 1 atom stereocenters. The minimum absolute atomic E-state index is 0.309.